The van der Waals surface area contributed by atoms with Gasteiger partial charge in [0.1, 0.15) is 10.6 Å². The van der Waals surface area contributed by atoms with E-state index in [4.69, 9.17) is 10.5 Å². The summed E-state index contributed by atoms with van der Waals surface area (Å²) < 4.78 is 4.97. The standard InChI is InChI=1S/C19H24N2O2S/c1-13-7-6-10-21(11-13)12-15-16(14-8-4-3-5-9-14)17(18(20)24-15)19(22)23-2/h3-5,8-9,13H,6-7,10-12,20H2,1-2H3. The second-order valence-corrected chi connectivity index (χ2v) is 7.62. The van der Waals surface area contributed by atoms with Crippen LogP contribution in [-0.2, 0) is 11.3 Å². The first kappa shape index (κ1) is 17.0. The van der Waals surface area contributed by atoms with Gasteiger partial charge in [-0.1, -0.05) is 37.3 Å². The Hall–Kier alpha value is -1.85. The largest absolute Gasteiger partial charge is 0.465 e. The number of rotatable bonds is 4. The number of carbonyl (C=O) groups excluding carboxylic acids is 1. The van der Waals surface area contributed by atoms with Gasteiger partial charge in [0.05, 0.1) is 7.11 Å². The zero-order valence-electron chi connectivity index (χ0n) is 14.2. The average molecular weight is 344 g/mol. The molecule has 1 aromatic carbocycles. The normalized spacial score (nSPS) is 18.5. The zero-order chi connectivity index (χ0) is 17.1. The van der Waals surface area contributed by atoms with E-state index in [-0.39, 0.29) is 5.97 Å². The Bertz CT molecular complexity index is 712. The average Bonchev–Trinajstić information content (AvgIpc) is 2.91. The van der Waals surface area contributed by atoms with Crippen LogP contribution in [0.3, 0.4) is 0 Å². The Morgan fingerprint density at radius 3 is 2.79 bits per heavy atom. The molecule has 5 heteroatoms. The lowest BCUT2D eigenvalue weighted by molar-refractivity contribution is 0.0603. The molecule has 0 amide bonds. The molecule has 1 aromatic heterocycles. The van der Waals surface area contributed by atoms with Crippen LogP contribution in [0.1, 0.15) is 35.0 Å². The van der Waals surface area contributed by atoms with Gasteiger partial charge in [-0.3, -0.25) is 4.90 Å². The topological polar surface area (TPSA) is 55.6 Å². The molecule has 24 heavy (non-hydrogen) atoms. The number of likely N-dealkylation sites (tertiary alicyclic amines) is 1. The number of anilines is 1. The van der Waals surface area contributed by atoms with Crippen LogP contribution in [0.4, 0.5) is 5.00 Å². The van der Waals surface area contributed by atoms with Crippen LogP contribution in [-0.4, -0.2) is 31.1 Å². The lowest BCUT2D eigenvalue weighted by Gasteiger charge is -2.30. The van der Waals surface area contributed by atoms with Gasteiger partial charge in [-0.15, -0.1) is 11.3 Å². The van der Waals surface area contributed by atoms with Gasteiger partial charge in [-0.2, -0.15) is 0 Å². The first-order valence-corrected chi connectivity index (χ1v) is 9.19. The molecule has 1 aliphatic rings. The Morgan fingerprint density at radius 2 is 2.12 bits per heavy atom. The molecule has 1 saturated heterocycles. The summed E-state index contributed by atoms with van der Waals surface area (Å²) >= 11 is 1.51. The van der Waals surface area contributed by atoms with Crippen molar-refractivity contribution in [3.8, 4) is 11.1 Å². The summed E-state index contributed by atoms with van der Waals surface area (Å²) in [6.45, 7) is 5.33. The molecule has 0 saturated carbocycles. The number of nitrogen functional groups attached to an aromatic ring is 1. The van der Waals surface area contributed by atoms with E-state index in [0.717, 1.165) is 41.6 Å². The lowest BCUT2D eigenvalue weighted by Crippen LogP contribution is -2.33. The van der Waals surface area contributed by atoms with E-state index in [1.807, 2.05) is 30.3 Å². The highest BCUT2D eigenvalue weighted by atomic mass is 32.1. The van der Waals surface area contributed by atoms with Crippen LogP contribution in [0, 0.1) is 5.92 Å². The third-order valence-electron chi connectivity index (χ3n) is 4.57. The fourth-order valence-electron chi connectivity index (χ4n) is 3.46. The first-order valence-electron chi connectivity index (χ1n) is 8.37. The number of carbonyl (C=O) groups is 1. The fraction of sp³-hybridized carbons (Fsp3) is 0.421. The summed E-state index contributed by atoms with van der Waals surface area (Å²) in [5.41, 5.74) is 8.65. The second kappa shape index (κ2) is 7.36. The van der Waals surface area contributed by atoms with E-state index in [1.165, 1.54) is 31.3 Å². The highest BCUT2D eigenvalue weighted by molar-refractivity contribution is 7.17. The van der Waals surface area contributed by atoms with E-state index in [9.17, 15) is 4.79 Å². The number of ether oxygens (including phenoxy) is 1. The summed E-state index contributed by atoms with van der Waals surface area (Å²) in [5.74, 6) is 0.358. The highest BCUT2D eigenvalue weighted by Gasteiger charge is 2.26. The number of hydrogen-bond acceptors (Lipinski definition) is 5. The SMILES string of the molecule is COC(=O)c1c(N)sc(CN2CCCC(C)C2)c1-c1ccccc1. The Labute approximate surface area is 147 Å². The quantitative estimate of drug-likeness (QED) is 0.851. The number of thiophene rings is 1. The maximum atomic E-state index is 12.3. The predicted octanol–water partition coefficient (Wildman–Crippen LogP) is 4.02. The summed E-state index contributed by atoms with van der Waals surface area (Å²) in [6.07, 6.45) is 2.52. The third kappa shape index (κ3) is 3.47. The van der Waals surface area contributed by atoms with E-state index >= 15 is 0 Å². The Balaban J connectivity index is 2.01. The molecule has 128 valence electrons. The molecule has 2 heterocycles. The van der Waals surface area contributed by atoms with Crippen molar-refractivity contribution in [3.05, 3.63) is 40.8 Å². The van der Waals surface area contributed by atoms with Gasteiger partial charge in [0.25, 0.3) is 0 Å². The Kier molecular flexibility index (Phi) is 5.21. The van der Waals surface area contributed by atoms with Crippen molar-refractivity contribution in [1.29, 1.82) is 0 Å². The number of methoxy groups -OCH3 is 1. The number of esters is 1. The van der Waals surface area contributed by atoms with Gasteiger partial charge in [0, 0.05) is 23.5 Å². The molecular formula is C19H24N2O2S. The van der Waals surface area contributed by atoms with Crippen molar-refractivity contribution in [2.45, 2.75) is 26.3 Å². The molecule has 1 fully saturated rings. The van der Waals surface area contributed by atoms with Gasteiger partial charge in [0.2, 0.25) is 0 Å². The maximum absolute atomic E-state index is 12.3. The van der Waals surface area contributed by atoms with Crippen molar-refractivity contribution in [2.24, 2.45) is 5.92 Å². The molecule has 2 N–H and O–H groups in total. The van der Waals surface area contributed by atoms with Crippen molar-refractivity contribution < 1.29 is 9.53 Å². The molecule has 1 atom stereocenters. The summed E-state index contributed by atoms with van der Waals surface area (Å²) in [4.78, 5) is 15.9. The summed E-state index contributed by atoms with van der Waals surface area (Å²) in [5, 5.41) is 0.542. The zero-order valence-corrected chi connectivity index (χ0v) is 15.1. The predicted molar refractivity (Wildman–Crippen MR) is 99.2 cm³/mol. The molecule has 0 spiro atoms. The van der Waals surface area contributed by atoms with Gasteiger partial charge < -0.3 is 10.5 Å². The molecule has 0 aliphatic carbocycles. The van der Waals surface area contributed by atoms with Crippen molar-refractivity contribution >= 4 is 22.3 Å². The number of benzene rings is 1. The van der Waals surface area contributed by atoms with Gasteiger partial charge in [-0.25, -0.2) is 4.79 Å². The molecule has 1 unspecified atom stereocenters. The summed E-state index contributed by atoms with van der Waals surface area (Å²) in [6, 6.07) is 9.99. The van der Waals surface area contributed by atoms with Crippen molar-refractivity contribution in [2.75, 3.05) is 25.9 Å². The fourth-order valence-corrected chi connectivity index (χ4v) is 4.58. The highest BCUT2D eigenvalue weighted by Crippen LogP contribution is 2.40. The molecule has 3 rings (SSSR count). The van der Waals surface area contributed by atoms with E-state index < -0.39 is 0 Å². The molecule has 0 bridgehead atoms. The van der Waals surface area contributed by atoms with Gasteiger partial charge in [0.15, 0.2) is 0 Å². The number of hydrogen-bond donors (Lipinski definition) is 1. The molecular weight excluding hydrogens is 320 g/mol. The van der Waals surface area contributed by atoms with E-state index in [0.29, 0.717) is 10.6 Å². The van der Waals surface area contributed by atoms with Crippen LogP contribution in [0.2, 0.25) is 0 Å². The minimum Gasteiger partial charge on any atom is -0.465 e. The number of piperidine rings is 1. The van der Waals surface area contributed by atoms with Crippen LogP contribution < -0.4 is 5.73 Å². The lowest BCUT2D eigenvalue weighted by atomic mass is 9.98. The van der Waals surface area contributed by atoms with Crippen LogP contribution >= 0.6 is 11.3 Å². The van der Waals surface area contributed by atoms with Crippen LogP contribution in [0.25, 0.3) is 11.1 Å². The maximum Gasteiger partial charge on any atom is 0.341 e. The smallest absolute Gasteiger partial charge is 0.341 e. The van der Waals surface area contributed by atoms with E-state index in [2.05, 4.69) is 11.8 Å². The first-order chi connectivity index (χ1) is 11.6. The van der Waals surface area contributed by atoms with Crippen molar-refractivity contribution in [3.63, 3.8) is 0 Å². The van der Waals surface area contributed by atoms with Crippen molar-refractivity contribution in [1.82, 2.24) is 4.90 Å². The summed E-state index contributed by atoms with van der Waals surface area (Å²) in [7, 11) is 1.40. The van der Waals surface area contributed by atoms with Gasteiger partial charge in [-0.05, 0) is 30.9 Å². The third-order valence-corrected chi connectivity index (χ3v) is 5.57. The van der Waals surface area contributed by atoms with Crippen LogP contribution in [0.5, 0.6) is 0 Å². The number of nitrogens with two attached hydrogens (primary N) is 1. The second-order valence-electron chi connectivity index (χ2n) is 6.48. The van der Waals surface area contributed by atoms with Crippen LogP contribution in [0.15, 0.2) is 30.3 Å². The molecule has 4 nitrogen and oxygen atoms in total. The molecule has 1 aliphatic heterocycles. The number of nitrogens with zero attached hydrogens (tertiary/aromatic N) is 1. The minimum absolute atomic E-state index is 0.360. The molecule has 0 radical (unpaired) electrons. The van der Waals surface area contributed by atoms with E-state index in [1.54, 1.807) is 0 Å². The minimum atomic E-state index is -0.360. The monoisotopic (exact) mass is 344 g/mol. The Morgan fingerprint density at radius 1 is 1.38 bits per heavy atom. The van der Waals surface area contributed by atoms with Gasteiger partial charge >= 0.3 is 5.97 Å². The molecule has 2 aromatic rings.